The molecule has 0 radical (unpaired) electrons. The van der Waals surface area contributed by atoms with Gasteiger partial charge in [0.05, 0.1) is 6.10 Å². The number of rotatable bonds is 37. The number of unbranched alkanes of at least 4 members (excludes halogenated alkanes) is 17. The Morgan fingerprint density at radius 1 is 0.500 bits per heavy atom. The molecule has 298 valence electrons. The smallest absolute Gasteiger partial charge is 0.306 e. The number of carbonyl (C=O) groups excluding carboxylic acids is 2. The summed E-state index contributed by atoms with van der Waals surface area (Å²) in [6, 6.07) is 0. The Morgan fingerprint density at radius 2 is 0.942 bits per heavy atom. The Morgan fingerprint density at radius 3 is 1.48 bits per heavy atom. The number of hydrogen-bond acceptors (Lipinski definition) is 6. The topological polar surface area (TPSA) is 93.1 Å². The molecule has 0 aliphatic carbocycles. The first-order valence-corrected chi connectivity index (χ1v) is 21.1. The van der Waals surface area contributed by atoms with E-state index in [1.807, 2.05) is 36.5 Å². The molecular formula is C46H78O6. The van der Waals surface area contributed by atoms with Gasteiger partial charge in [0.25, 0.3) is 0 Å². The molecule has 1 unspecified atom stereocenters. The van der Waals surface area contributed by atoms with Gasteiger partial charge in [0.15, 0.2) is 0 Å². The summed E-state index contributed by atoms with van der Waals surface area (Å²) in [7, 11) is 0. The Labute approximate surface area is 319 Å². The van der Waals surface area contributed by atoms with Gasteiger partial charge in [-0.1, -0.05) is 196 Å². The zero-order valence-corrected chi connectivity index (χ0v) is 33.4. The third-order valence-electron chi connectivity index (χ3n) is 8.80. The van der Waals surface area contributed by atoms with Crippen molar-refractivity contribution in [2.45, 2.75) is 193 Å². The monoisotopic (exact) mass is 727 g/mol. The molecule has 2 atom stereocenters. The summed E-state index contributed by atoms with van der Waals surface area (Å²) >= 11 is 0. The molecule has 0 amide bonds. The fraction of sp³-hybridized carbons (Fsp3) is 0.696. The van der Waals surface area contributed by atoms with Crippen molar-refractivity contribution in [3.05, 3.63) is 72.9 Å². The van der Waals surface area contributed by atoms with Crippen LogP contribution in [0.25, 0.3) is 0 Å². The quantitative estimate of drug-likeness (QED) is 0.0286. The lowest BCUT2D eigenvalue weighted by atomic mass is 10.0. The molecule has 52 heavy (non-hydrogen) atoms. The zero-order chi connectivity index (χ0) is 38.0. The largest absolute Gasteiger partial charge is 0.463 e. The lowest BCUT2D eigenvalue weighted by Crippen LogP contribution is -2.25. The van der Waals surface area contributed by atoms with E-state index in [4.69, 9.17) is 9.47 Å². The number of aliphatic hydroxyl groups excluding tert-OH is 2. The highest BCUT2D eigenvalue weighted by atomic mass is 16.6. The van der Waals surface area contributed by atoms with Crippen LogP contribution in [-0.2, 0) is 19.1 Å². The number of hydrogen-bond donors (Lipinski definition) is 2. The summed E-state index contributed by atoms with van der Waals surface area (Å²) < 4.78 is 10.3. The molecule has 0 saturated carbocycles. The van der Waals surface area contributed by atoms with Crippen molar-refractivity contribution < 1.29 is 29.3 Å². The molecule has 0 bridgehead atoms. The van der Waals surface area contributed by atoms with Crippen LogP contribution in [0.5, 0.6) is 0 Å². The predicted molar refractivity (Wildman–Crippen MR) is 220 cm³/mol. The van der Waals surface area contributed by atoms with E-state index >= 15 is 0 Å². The Kier molecular flexibility index (Phi) is 38.9. The minimum absolute atomic E-state index is 0.153. The van der Waals surface area contributed by atoms with Crippen LogP contribution in [0.15, 0.2) is 72.9 Å². The van der Waals surface area contributed by atoms with E-state index in [9.17, 15) is 19.8 Å². The number of allylic oxidation sites excluding steroid dienone is 10. The van der Waals surface area contributed by atoms with Crippen molar-refractivity contribution in [1.29, 1.82) is 0 Å². The summed E-state index contributed by atoms with van der Waals surface area (Å²) in [5.74, 6) is -0.688. The van der Waals surface area contributed by atoms with Crippen LogP contribution < -0.4 is 0 Å². The van der Waals surface area contributed by atoms with Crippen molar-refractivity contribution in [3.8, 4) is 0 Å². The van der Waals surface area contributed by atoms with Gasteiger partial charge in [-0.25, -0.2) is 0 Å². The van der Waals surface area contributed by atoms with E-state index in [0.717, 1.165) is 44.9 Å². The first-order valence-electron chi connectivity index (χ1n) is 21.1. The van der Waals surface area contributed by atoms with E-state index in [1.54, 1.807) is 6.08 Å². The molecule has 0 aromatic rings. The average Bonchev–Trinajstić information content (AvgIpc) is 3.14. The third kappa shape index (κ3) is 40.1. The van der Waals surface area contributed by atoms with Gasteiger partial charge in [-0.2, -0.15) is 0 Å². The van der Waals surface area contributed by atoms with Gasteiger partial charge in [-0.05, 0) is 44.9 Å². The maximum absolute atomic E-state index is 12.0. The fourth-order valence-electron chi connectivity index (χ4n) is 5.61. The Hall–Kier alpha value is -2.70. The van der Waals surface area contributed by atoms with Crippen molar-refractivity contribution in [3.63, 3.8) is 0 Å². The number of aliphatic hydroxyl groups is 2. The SMILES string of the molecule is CC/C=C\C/C=C\CC(O)/C=C/C=C\C/C=C\C/C=C\CCC(=O)OC[C@H](O)COC(=O)CCCCCCCCCCCCCCCCCCCC. The minimum atomic E-state index is -1.01. The lowest BCUT2D eigenvalue weighted by Gasteiger charge is -2.12. The normalized spacial score (nSPS) is 13.5. The second kappa shape index (κ2) is 41.1. The van der Waals surface area contributed by atoms with Crippen LogP contribution in [0.4, 0.5) is 0 Å². The molecule has 0 spiro atoms. The van der Waals surface area contributed by atoms with Crippen LogP contribution in [0.2, 0.25) is 0 Å². The number of carbonyl (C=O) groups is 2. The molecule has 0 aliphatic heterocycles. The molecule has 0 aromatic heterocycles. The Bertz CT molecular complexity index is 975. The van der Waals surface area contributed by atoms with E-state index in [-0.39, 0.29) is 31.6 Å². The molecule has 0 saturated heterocycles. The van der Waals surface area contributed by atoms with Gasteiger partial charge in [0, 0.05) is 12.8 Å². The highest BCUT2D eigenvalue weighted by molar-refractivity contribution is 5.70. The summed E-state index contributed by atoms with van der Waals surface area (Å²) in [6.07, 6.45) is 51.4. The molecular weight excluding hydrogens is 648 g/mol. The zero-order valence-electron chi connectivity index (χ0n) is 33.4. The first kappa shape index (κ1) is 49.3. The van der Waals surface area contributed by atoms with Gasteiger partial charge >= 0.3 is 11.9 Å². The van der Waals surface area contributed by atoms with E-state index < -0.39 is 12.2 Å². The maximum atomic E-state index is 12.0. The van der Waals surface area contributed by atoms with Crippen LogP contribution >= 0.6 is 0 Å². The molecule has 0 aromatic carbocycles. The molecule has 6 heteroatoms. The number of ether oxygens (including phenoxy) is 2. The third-order valence-corrected chi connectivity index (χ3v) is 8.80. The molecule has 2 N–H and O–H groups in total. The van der Waals surface area contributed by atoms with Gasteiger partial charge in [-0.15, -0.1) is 0 Å². The molecule has 0 fully saturated rings. The molecule has 0 heterocycles. The van der Waals surface area contributed by atoms with Gasteiger partial charge < -0.3 is 19.7 Å². The highest BCUT2D eigenvalue weighted by Gasteiger charge is 2.11. The van der Waals surface area contributed by atoms with Crippen molar-refractivity contribution in [1.82, 2.24) is 0 Å². The molecule has 0 aliphatic rings. The van der Waals surface area contributed by atoms with E-state index in [1.165, 1.54) is 96.3 Å². The van der Waals surface area contributed by atoms with E-state index in [2.05, 4.69) is 44.2 Å². The van der Waals surface area contributed by atoms with Gasteiger partial charge in [0.2, 0.25) is 0 Å². The second-order valence-electron chi connectivity index (χ2n) is 13.9. The second-order valence-corrected chi connectivity index (χ2v) is 13.9. The van der Waals surface area contributed by atoms with Gasteiger partial charge in [0.1, 0.15) is 19.3 Å². The van der Waals surface area contributed by atoms with Crippen LogP contribution in [-0.4, -0.2) is 47.6 Å². The number of esters is 2. The lowest BCUT2D eigenvalue weighted by molar-refractivity contribution is -0.152. The summed E-state index contributed by atoms with van der Waals surface area (Å²) in [5, 5.41) is 20.0. The fourth-order valence-corrected chi connectivity index (χ4v) is 5.61. The molecule has 6 nitrogen and oxygen atoms in total. The van der Waals surface area contributed by atoms with Crippen molar-refractivity contribution in [2.24, 2.45) is 0 Å². The predicted octanol–water partition coefficient (Wildman–Crippen LogP) is 12.3. The molecule has 0 rings (SSSR count). The summed E-state index contributed by atoms with van der Waals surface area (Å²) in [6.45, 7) is 4.06. The highest BCUT2D eigenvalue weighted by Crippen LogP contribution is 2.15. The van der Waals surface area contributed by atoms with Gasteiger partial charge in [-0.3, -0.25) is 9.59 Å². The van der Waals surface area contributed by atoms with Crippen LogP contribution in [0, 0.1) is 0 Å². The standard InChI is InChI=1S/C46H78O6/c1-3-5-7-9-11-12-13-14-15-16-17-18-19-20-24-27-31-35-39-45(49)51-41-44(48)42-52-46(50)40-36-32-28-25-22-21-23-26-30-34-38-43(47)37-33-29-10-8-6-4-2/h6,8,21-22,26,28-30,32-34,38,43-44,47-48H,3-5,7,9-20,23-25,27,31,35-37,39-42H2,1-2H3/b8-6-,22-21-,30-26-,32-28-,33-29-,38-34+/t43?,44-/m1/s1. The average molecular weight is 727 g/mol. The van der Waals surface area contributed by atoms with Crippen LogP contribution in [0.3, 0.4) is 0 Å². The first-order chi connectivity index (χ1) is 25.5. The van der Waals surface area contributed by atoms with E-state index in [0.29, 0.717) is 19.3 Å². The van der Waals surface area contributed by atoms with Crippen molar-refractivity contribution in [2.75, 3.05) is 13.2 Å². The Balaban J connectivity index is 3.60. The summed E-state index contributed by atoms with van der Waals surface area (Å²) in [5.41, 5.74) is 0. The summed E-state index contributed by atoms with van der Waals surface area (Å²) in [4.78, 5) is 24.0. The van der Waals surface area contributed by atoms with Crippen LogP contribution in [0.1, 0.15) is 181 Å². The minimum Gasteiger partial charge on any atom is -0.463 e. The van der Waals surface area contributed by atoms with Crippen molar-refractivity contribution >= 4 is 11.9 Å². The maximum Gasteiger partial charge on any atom is 0.306 e.